The van der Waals surface area contributed by atoms with Crippen LogP contribution in [0.5, 0.6) is 0 Å². The molecule has 0 aliphatic carbocycles. The van der Waals surface area contributed by atoms with Crippen LogP contribution in [-0.4, -0.2) is 66.8 Å². The van der Waals surface area contributed by atoms with E-state index in [0.717, 1.165) is 18.7 Å². The van der Waals surface area contributed by atoms with E-state index in [2.05, 4.69) is 4.90 Å². The topological polar surface area (TPSA) is 53.0 Å². The van der Waals surface area contributed by atoms with E-state index in [-0.39, 0.29) is 12.0 Å². The predicted octanol–water partition coefficient (Wildman–Crippen LogP) is 1.29. The maximum absolute atomic E-state index is 12.2. The van der Waals surface area contributed by atoms with Crippen LogP contribution in [0.3, 0.4) is 0 Å². The van der Waals surface area contributed by atoms with Crippen LogP contribution in [-0.2, 0) is 9.53 Å². The minimum Gasteiger partial charge on any atom is -0.387 e. The molecule has 0 aromatic heterocycles. The number of hydrogen-bond acceptors (Lipinski definition) is 4. The Hall–Kier alpha value is -1.43. The third-order valence-corrected chi connectivity index (χ3v) is 4.23. The smallest absolute Gasteiger partial charge is 0.251 e. The van der Waals surface area contributed by atoms with Crippen molar-refractivity contribution in [1.82, 2.24) is 9.80 Å². The molecule has 1 heterocycles. The van der Waals surface area contributed by atoms with Crippen LogP contribution in [0.15, 0.2) is 30.3 Å². The molecule has 0 spiro atoms. The quantitative estimate of drug-likeness (QED) is 0.860. The van der Waals surface area contributed by atoms with E-state index in [0.29, 0.717) is 26.1 Å². The van der Waals surface area contributed by atoms with Crippen LogP contribution >= 0.6 is 0 Å². The molecule has 0 bridgehead atoms. The second-order valence-corrected chi connectivity index (χ2v) is 5.68. The molecule has 1 N–H and O–H groups in total. The lowest BCUT2D eigenvalue weighted by atomic mass is 10.1. The van der Waals surface area contributed by atoms with Gasteiger partial charge in [-0.3, -0.25) is 9.69 Å². The van der Waals surface area contributed by atoms with Crippen molar-refractivity contribution in [3.05, 3.63) is 35.9 Å². The first-order chi connectivity index (χ1) is 10.7. The number of piperazine rings is 1. The predicted molar refractivity (Wildman–Crippen MR) is 85.5 cm³/mol. The lowest BCUT2D eigenvalue weighted by molar-refractivity contribution is -0.144. The number of carbonyl (C=O) groups is 1. The molecule has 1 aromatic carbocycles. The van der Waals surface area contributed by atoms with Gasteiger partial charge in [0.05, 0.1) is 6.10 Å². The van der Waals surface area contributed by atoms with Crippen LogP contribution in [0.1, 0.15) is 25.0 Å². The molecule has 5 nitrogen and oxygen atoms in total. The summed E-state index contributed by atoms with van der Waals surface area (Å²) in [5, 5.41) is 10.3. The molecule has 1 aliphatic heterocycles. The Bertz CT molecular complexity index is 454. The van der Waals surface area contributed by atoms with Crippen molar-refractivity contribution in [1.29, 1.82) is 0 Å². The SMILES string of the molecule is CCC(OC)C(=O)N1CCN(CC(O)c2ccccc2)CC1. The molecule has 2 rings (SSSR count). The molecule has 22 heavy (non-hydrogen) atoms. The van der Waals surface area contributed by atoms with E-state index in [9.17, 15) is 9.90 Å². The second kappa shape index (κ2) is 8.27. The molecular weight excluding hydrogens is 280 g/mol. The van der Waals surface area contributed by atoms with Gasteiger partial charge in [0.25, 0.3) is 5.91 Å². The van der Waals surface area contributed by atoms with Crippen molar-refractivity contribution in [3.8, 4) is 0 Å². The Morgan fingerprint density at radius 3 is 2.41 bits per heavy atom. The Morgan fingerprint density at radius 2 is 1.86 bits per heavy atom. The fourth-order valence-corrected chi connectivity index (χ4v) is 2.82. The van der Waals surface area contributed by atoms with Gasteiger partial charge in [-0.05, 0) is 12.0 Å². The number of carbonyl (C=O) groups excluding carboxylic acids is 1. The molecule has 1 aromatic rings. The summed E-state index contributed by atoms with van der Waals surface area (Å²) in [5.74, 6) is 0.0771. The number of aliphatic hydroxyl groups is 1. The highest BCUT2D eigenvalue weighted by molar-refractivity contribution is 5.81. The average Bonchev–Trinajstić information content (AvgIpc) is 2.57. The van der Waals surface area contributed by atoms with Crippen LogP contribution in [0.25, 0.3) is 0 Å². The fraction of sp³-hybridized carbons (Fsp3) is 0.588. The largest absolute Gasteiger partial charge is 0.387 e. The average molecular weight is 306 g/mol. The zero-order valence-electron chi connectivity index (χ0n) is 13.4. The Kier molecular flexibility index (Phi) is 6.36. The summed E-state index contributed by atoms with van der Waals surface area (Å²) in [7, 11) is 1.58. The van der Waals surface area contributed by atoms with Crippen molar-refractivity contribution in [2.45, 2.75) is 25.6 Å². The monoisotopic (exact) mass is 306 g/mol. The van der Waals surface area contributed by atoms with Crippen LogP contribution < -0.4 is 0 Å². The Labute approximate surface area is 132 Å². The number of ether oxygens (including phenoxy) is 1. The van der Waals surface area contributed by atoms with E-state index < -0.39 is 6.10 Å². The minimum absolute atomic E-state index is 0.0771. The molecule has 1 amide bonds. The lowest BCUT2D eigenvalue weighted by Gasteiger charge is -2.36. The van der Waals surface area contributed by atoms with Gasteiger partial charge in [0.1, 0.15) is 6.10 Å². The number of aliphatic hydroxyl groups excluding tert-OH is 1. The van der Waals surface area contributed by atoms with E-state index in [4.69, 9.17) is 4.74 Å². The molecule has 2 unspecified atom stereocenters. The van der Waals surface area contributed by atoms with E-state index in [1.807, 2.05) is 42.2 Å². The lowest BCUT2D eigenvalue weighted by Crippen LogP contribution is -2.52. The first kappa shape index (κ1) is 16.9. The highest BCUT2D eigenvalue weighted by atomic mass is 16.5. The van der Waals surface area contributed by atoms with Crippen molar-refractivity contribution < 1.29 is 14.6 Å². The van der Waals surface area contributed by atoms with Gasteiger partial charge in [-0.15, -0.1) is 0 Å². The third-order valence-electron chi connectivity index (χ3n) is 4.23. The summed E-state index contributed by atoms with van der Waals surface area (Å²) in [4.78, 5) is 16.3. The summed E-state index contributed by atoms with van der Waals surface area (Å²) in [5.41, 5.74) is 0.937. The number of rotatable bonds is 6. The number of β-amino-alcohol motifs (C(OH)–C–C–N with tert-alkyl or cyclic N) is 1. The number of methoxy groups -OCH3 is 1. The number of hydrogen-bond donors (Lipinski definition) is 1. The van der Waals surface area contributed by atoms with Crippen molar-refractivity contribution in [2.24, 2.45) is 0 Å². The first-order valence-electron chi connectivity index (χ1n) is 7.92. The summed E-state index contributed by atoms with van der Waals surface area (Å²) in [6, 6.07) is 9.69. The van der Waals surface area contributed by atoms with Gasteiger partial charge in [-0.1, -0.05) is 37.3 Å². The van der Waals surface area contributed by atoms with Gasteiger partial charge in [-0.25, -0.2) is 0 Å². The van der Waals surface area contributed by atoms with Crippen molar-refractivity contribution >= 4 is 5.91 Å². The van der Waals surface area contributed by atoms with Crippen LogP contribution in [0.2, 0.25) is 0 Å². The van der Waals surface area contributed by atoms with Crippen LogP contribution in [0, 0.1) is 0 Å². The summed E-state index contributed by atoms with van der Waals surface area (Å²) < 4.78 is 5.22. The maximum atomic E-state index is 12.2. The second-order valence-electron chi connectivity index (χ2n) is 5.68. The van der Waals surface area contributed by atoms with Crippen molar-refractivity contribution in [2.75, 3.05) is 39.8 Å². The molecule has 0 radical (unpaired) electrons. The molecular formula is C17H26N2O3. The van der Waals surface area contributed by atoms with Gasteiger partial charge < -0.3 is 14.7 Å². The van der Waals surface area contributed by atoms with Gasteiger partial charge >= 0.3 is 0 Å². The maximum Gasteiger partial charge on any atom is 0.251 e. The minimum atomic E-state index is -0.481. The summed E-state index contributed by atoms with van der Waals surface area (Å²) >= 11 is 0. The Morgan fingerprint density at radius 1 is 1.23 bits per heavy atom. The van der Waals surface area contributed by atoms with Gasteiger partial charge in [0.2, 0.25) is 0 Å². The van der Waals surface area contributed by atoms with Gasteiger partial charge in [-0.2, -0.15) is 0 Å². The third kappa shape index (κ3) is 4.29. The van der Waals surface area contributed by atoms with Gasteiger partial charge in [0.15, 0.2) is 0 Å². The highest BCUT2D eigenvalue weighted by Gasteiger charge is 2.27. The summed E-state index contributed by atoms with van der Waals surface area (Å²) in [6.45, 7) is 5.53. The number of nitrogens with zero attached hydrogens (tertiary/aromatic N) is 2. The molecule has 1 saturated heterocycles. The first-order valence-corrected chi connectivity index (χ1v) is 7.92. The zero-order chi connectivity index (χ0) is 15.9. The summed E-state index contributed by atoms with van der Waals surface area (Å²) in [6.07, 6.45) is -0.116. The normalized spacial score (nSPS) is 19.0. The highest BCUT2D eigenvalue weighted by Crippen LogP contribution is 2.15. The molecule has 5 heteroatoms. The molecule has 0 saturated carbocycles. The van der Waals surface area contributed by atoms with Crippen LogP contribution in [0.4, 0.5) is 0 Å². The number of amides is 1. The van der Waals surface area contributed by atoms with E-state index >= 15 is 0 Å². The molecule has 1 fully saturated rings. The van der Waals surface area contributed by atoms with Gasteiger partial charge in [0, 0.05) is 39.8 Å². The standard InChI is InChI=1S/C17H26N2O3/c1-3-16(22-2)17(21)19-11-9-18(10-12-19)13-15(20)14-7-5-4-6-8-14/h4-8,15-16,20H,3,9-13H2,1-2H3. The molecule has 1 aliphatic rings. The molecule has 122 valence electrons. The van der Waals surface area contributed by atoms with E-state index in [1.165, 1.54) is 0 Å². The van der Waals surface area contributed by atoms with Crippen molar-refractivity contribution in [3.63, 3.8) is 0 Å². The molecule has 2 atom stereocenters. The van der Waals surface area contributed by atoms with E-state index in [1.54, 1.807) is 7.11 Å². The fourth-order valence-electron chi connectivity index (χ4n) is 2.82. The Balaban J connectivity index is 1.81. The zero-order valence-corrected chi connectivity index (χ0v) is 13.4. The number of benzene rings is 1.